The van der Waals surface area contributed by atoms with Gasteiger partial charge in [-0.1, -0.05) is 35.9 Å². The third-order valence-electron chi connectivity index (χ3n) is 4.60. The largest absolute Gasteiger partial charge is 0.490 e. The molecule has 0 aliphatic carbocycles. The number of carboxylic acids is 1. The van der Waals surface area contributed by atoms with E-state index < -0.39 is 5.97 Å². The number of halogens is 2. The zero-order valence-electron chi connectivity index (χ0n) is 18.3. The Morgan fingerprint density at radius 1 is 1.06 bits per heavy atom. The zero-order valence-corrected chi connectivity index (χ0v) is 19.0. The van der Waals surface area contributed by atoms with Gasteiger partial charge < -0.3 is 14.6 Å². The van der Waals surface area contributed by atoms with Gasteiger partial charge in [-0.15, -0.1) is 0 Å². The minimum atomic E-state index is -1.00. The van der Waals surface area contributed by atoms with E-state index in [-0.39, 0.29) is 35.3 Å². The Morgan fingerprint density at radius 2 is 1.74 bits per heavy atom. The Labute approximate surface area is 200 Å². The van der Waals surface area contributed by atoms with Gasteiger partial charge in [-0.3, -0.25) is 4.79 Å². The van der Waals surface area contributed by atoms with Gasteiger partial charge in [0.05, 0.1) is 29.8 Å². The fraction of sp³-hybridized carbons (Fsp3) is 0.160. The summed E-state index contributed by atoms with van der Waals surface area (Å²) >= 11 is 6.40. The van der Waals surface area contributed by atoms with E-state index in [1.54, 1.807) is 24.3 Å². The van der Waals surface area contributed by atoms with Crippen LogP contribution in [0.1, 0.15) is 34.0 Å². The van der Waals surface area contributed by atoms with Crippen LogP contribution in [0.25, 0.3) is 0 Å². The molecular weight excluding hydrogens is 463 g/mol. The van der Waals surface area contributed by atoms with Crippen LogP contribution in [0.2, 0.25) is 5.02 Å². The summed E-state index contributed by atoms with van der Waals surface area (Å²) in [5.74, 6) is -0.988. The van der Waals surface area contributed by atoms with Gasteiger partial charge in [0.1, 0.15) is 12.4 Å². The molecule has 0 atom stereocenters. The number of ether oxygens (including phenoxy) is 2. The SMILES string of the molecule is CCOc1cc(/C=N/NC(=O)Cc2ccc(F)cc2)cc(Cl)c1OCc1ccc(C(=O)O)cc1. The van der Waals surface area contributed by atoms with Crippen molar-refractivity contribution in [1.82, 2.24) is 5.43 Å². The van der Waals surface area contributed by atoms with E-state index in [1.165, 1.54) is 42.6 Å². The van der Waals surface area contributed by atoms with Crippen molar-refractivity contribution in [1.29, 1.82) is 0 Å². The van der Waals surface area contributed by atoms with Crippen molar-refractivity contribution in [2.24, 2.45) is 5.10 Å². The molecule has 0 spiro atoms. The highest BCUT2D eigenvalue weighted by Crippen LogP contribution is 2.37. The average molecular weight is 485 g/mol. The predicted octanol–water partition coefficient (Wildman–Crippen LogP) is 4.85. The molecule has 1 amide bonds. The highest BCUT2D eigenvalue weighted by Gasteiger charge is 2.13. The van der Waals surface area contributed by atoms with Crippen LogP contribution in [-0.2, 0) is 17.8 Å². The molecule has 7 nitrogen and oxygen atoms in total. The highest BCUT2D eigenvalue weighted by atomic mass is 35.5. The lowest BCUT2D eigenvalue weighted by Crippen LogP contribution is -2.19. The maximum absolute atomic E-state index is 13.0. The van der Waals surface area contributed by atoms with Crippen molar-refractivity contribution in [3.05, 3.63) is 93.8 Å². The lowest BCUT2D eigenvalue weighted by Gasteiger charge is -2.14. The van der Waals surface area contributed by atoms with Crippen LogP contribution in [0.3, 0.4) is 0 Å². The predicted molar refractivity (Wildman–Crippen MR) is 126 cm³/mol. The first-order valence-electron chi connectivity index (χ1n) is 10.3. The van der Waals surface area contributed by atoms with Gasteiger partial charge in [0.25, 0.3) is 0 Å². The number of hydrogen-bond donors (Lipinski definition) is 2. The first-order valence-corrected chi connectivity index (χ1v) is 10.7. The van der Waals surface area contributed by atoms with E-state index in [4.69, 9.17) is 26.2 Å². The monoisotopic (exact) mass is 484 g/mol. The molecule has 3 aromatic carbocycles. The van der Waals surface area contributed by atoms with Gasteiger partial charge in [-0.2, -0.15) is 5.10 Å². The number of nitrogens with one attached hydrogen (secondary N) is 1. The topological polar surface area (TPSA) is 97.2 Å². The summed E-state index contributed by atoms with van der Waals surface area (Å²) in [5.41, 5.74) is 4.61. The van der Waals surface area contributed by atoms with Crippen molar-refractivity contribution < 1.29 is 28.6 Å². The second-order valence-electron chi connectivity index (χ2n) is 7.15. The molecule has 0 fully saturated rings. The van der Waals surface area contributed by atoms with Crippen LogP contribution in [-0.4, -0.2) is 29.8 Å². The molecule has 0 aromatic heterocycles. The first kappa shape index (κ1) is 24.7. The number of aromatic carboxylic acids is 1. The van der Waals surface area contributed by atoms with E-state index in [9.17, 15) is 14.0 Å². The smallest absolute Gasteiger partial charge is 0.335 e. The van der Waals surface area contributed by atoms with E-state index in [2.05, 4.69) is 10.5 Å². The Kier molecular flexibility index (Phi) is 8.59. The molecule has 0 bridgehead atoms. The van der Waals surface area contributed by atoms with Crippen LogP contribution in [0.5, 0.6) is 11.5 Å². The summed E-state index contributed by atoms with van der Waals surface area (Å²) in [4.78, 5) is 23.0. The van der Waals surface area contributed by atoms with Gasteiger partial charge in [0.2, 0.25) is 5.91 Å². The first-order chi connectivity index (χ1) is 16.4. The molecule has 0 aliphatic rings. The molecule has 0 saturated heterocycles. The van der Waals surface area contributed by atoms with Crippen LogP contribution in [0.15, 0.2) is 65.8 Å². The second-order valence-corrected chi connectivity index (χ2v) is 7.56. The summed E-state index contributed by atoms with van der Waals surface area (Å²) in [6.07, 6.45) is 1.48. The average Bonchev–Trinajstić information content (AvgIpc) is 2.80. The van der Waals surface area contributed by atoms with Crippen LogP contribution in [0, 0.1) is 5.82 Å². The number of benzene rings is 3. The van der Waals surface area contributed by atoms with Crippen molar-refractivity contribution in [2.45, 2.75) is 20.0 Å². The fourth-order valence-electron chi connectivity index (χ4n) is 2.97. The second kappa shape index (κ2) is 11.8. The van der Waals surface area contributed by atoms with E-state index in [1.807, 2.05) is 6.92 Å². The summed E-state index contributed by atoms with van der Waals surface area (Å²) in [6, 6.07) is 15.2. The number of carbonyl (C=O) groups is 2. The summed E-state index contributed by atoms with van der Waals surface area (Å²) in [6.45, 7) is 2.35. The molecule has 0 saturated carbocycles. The summed E-state index contributed by atoms with van der Waals surface area (Å²) < 4.78 is 24.4. The van der Waals surface area contributed by atoms with Gasteiger partial charge in [-0.05, 0) is 60.0 Å². The molecule has 2 N–H and O–H groups in total. The lowest BCUT2D eigenvalue weighted by molar-refractivity contribution is -0.120. The Balaban J connectivity index is 1.65. The number of carboxylic acid groups (broad SMARTS) is 1. The Morgan fingerprint density at radius 3 is 2.38 bits per heavy atom. The highest BCUT2D eigenvalue weighted by molar-refractivity contribution is 6.32. The van der Waals surface area contributed by atoms with Crippen molar-refractivity contribution in [2.75, 3.05) is 6.61 Å². The van der Waals surface area contributed by atoms with Gasteiger partial charge in [0, 0.05) is 0 Å². The number of hydrazone groups is 1. The molecule has 34 heavy (non-hydrogen) atoms. The molecule has 0 aliphatic heterocycles. The number of hydrogen-bond acceptors (Lipinski definition) is 5. The lowest BCUT2D eigenvalue weighted by atomic mass is 10.1. The van der Waals surface area contributed by atoms with Gasteiger partial charge in [0.15, 0.2) is 11.5 Å². The molecule has 0 heterocycles. The quantitative estimate of drug-likeness (QED) is 0.317. The maximum Gasteiger partial charge on any atom is 0.335 e. The van der Waals surface area contributed by atoms with Crippen molar-refractivity contribution in [3.8, 4) is 11.5 Å². The zero-order chi connectivity index (χ0) is 24.5. The molecule has 3 rings (SSSR count). The minimum absolute atomic E-state index is 0.0583. The maximum atomic E-state index is 13.0. The summed E-state index contributed by atoms with van der Waals surface area (Å²) in [5, 5.41) is 13.2. The number of rotatable bonds is 10. The fourth-order valence-corrected chi connectivity index (χ4v) is 3.24. The van der Waals surface area contributed by atoms with Crippen LogP contribution in [0.4, 0.5) is 4.39 Å². The molecule has 176 valence electrons. The third-order valence-corrected chi connectivity index (χ3v) is 4.88. The normalized spacial score (nSPS) is 10.8. The Bertz CT molecular complexity index is 1180. The molecular formula is C25H22ClFN2O5. The number of nitrogens with zero attached hydrogens (tertiary/aromatic N) is 1. The van der Waals surface area contributed by atoms with Gasteiger partial charge >= 0.3 is 5.97 Å². The van der Waals surface area contributed by atoms with Crippen LogP contribution < -0.4 is 14.9 Å². The van der Waals surface area contributed by atoms with Gasteiger partial charge in [-0.25, -0.2) is 14.6 Å². The van der Waals surface area contributed by atoms with E-state index in [0.717, 1.165) is 5.56 Å². The Hall–Kier alpha value is -3.91. The molecule has 3 aromatic rings. The minimum Gasteiger partial charge on any atom is -0.490 e. The van der Waals surface area contributed by atoms with Crippen molar-refractivity contribution >= 4 is 29.7 Å². The van der Waals surface area contributed by atoms with E-state index in [0.29, 0.717) is 29.2 Å². The van der Waals surface area contributed by atoms with E-state index >= 15 is 0 Å². The standard InChI is InChI=1S/C25H22ClFN2O5/c1-2-33-22-12-18(14-28-29-23(30)13-16-5-9-20(27)10-6-16)11-21(26)24(22)34-15-17-3-7-19(8-4-17)25(31)32/h3-12,14H,2,13,15H2,1H3,(H,29,30)(H,31,32)/b28-14+. The summed E-state index contributed by atoms with van der Waals surface area (Å²) in [7, 11) is 0. The number of amides is 1. The molecule has 9 heteroatoms. The third kappa shape index (κ3) is 7.05. The molecule has 0 radical (unpaired) electrons. The molecule has 0 unspecified atom stereocenters. The number of carbonyl (C=O) groups excluding carboxylic acids is 1. The van der Waals surface area contributed by atoms with Crippen LogP contribution >= 0.6 is 11.6 Å². The van der Waals surface area contributed by atoms with Crippen molar-refractivity contribution in [3.63, 3.8) is 0 Å².